The average Bonchev–Trinajstić information content (AvgIpc) is 3.33. The highest BCUT2D eigenvalue weighted by Crippen LogP contribution is 2.31. The van der Waals surface area contributed by atoms with Crippen molar-refractivity contribution >= 4 is 15.7 Å². The summed E-state index contributed by atoms with van der Waals surface area (Å²) in [6, 6.07) is 10.9. The van der Waals surface area contributed by atoms with Gasteiger partial charge in [0.2, 0.25) is 0 Å². The van der Waals surface area contributed by atoms with Gasteiger partial charge in [0.25, 0.3) is 5.91 Å². The molecule has 0 bridgehead atoms. The summed E-state index contributed by atoms with van der Waals surface area (Å²) in [6.45, 7) is 0.231. The monoisotopic (exact) mass is 403 g/mol. The van der Waals surface area contributed by atoms with E-state index in [0.29, 0.717) is 11.5 Å². The second-order valence-corrected chi connectivity index (χ2v) is 8.91. The van der Waals surface area contributed by atoms with Gasteiger partial charge in [-0.3, -0.25) is 9.89 Å². The van der Waals surface area contributed by atoms with Gasteiger partial charge in [0.15, 0.2) is 21.3 Å². The van der Waals surface area contributed by atoms with Crippen LogP contribution in [0.2, 0.25) is 0 Å². The molecule has 0 radical (unpaired) electrons. The molecule has 1 N–H and O–H groups in total. The number of aromatic amines is 1. The number of amides is 1. The standard InChI is InChI=1S/C19H18FN3O4S/c20-14-5-2-1-4-13(14)18-7-8-23(9-11-28(18,25)26)19(24)16-12-15(21-22-16)17-6-3-10-27-17/h1-6,10,12,18H,7-9,11H2,(H,21,22). The highest BCUT2D eigenvalue weighted by molar-refractivity contribution is 7.91. The molecule has 0 saturated carbocycles. The Balaban J connectivity index is 1.55. The fraction of sp³-hybridized carbons (Fsp3) is 0.263. The highest BCUT2D eigenvalue weighted by Gasteiger charge is 2.34. The van der Waals surface area contributed by atoms with Crippen molar-refractivity contribution in [3.8, 4) is 11.5 Å². The van der Waals surface area contributed by atoms with Crippen LogP contribution in [0.25, 0.3) is 11.5 Å². The van der Waals surface area contributed by atoms with E-state index in [0.717, 1.165) is 0 Å². The third kappa shape index (κ3) is 3.45. The summed E-state index contributed by atoms with van der Waals surface area (Å²) in [5.74, 6) is -0.609. The molecular formula is C19H18FN3O4S. The van der Waals surface area contributed by atoms with E-state index in [-0.39, 0.29) is 42.4 Å². The van der Waals surface area contributed by atoms with Crippen molar-refractivity contribution in [2.45, 2.75) is 11.7 Å². The van der Waals surface area contributed by atoms with Crippen molar-refractivity contribution in [2.75, 3.05) is 18.8 Å². The first-order valence-electron chi connectivity index (χ1n) is 8.80. The lowest BCUT2D eigenvalue weighted by Crippen LogP contribution is -2.33. The Hall–Kier alpha value is -2.94. The summed E-state index contributed by atoms with van der Waals surface area (Å²) >= 11 is 0. The Morgan fingerprint density at radius 1 is 1.21 bits per heavy atom. The predicted molar refractivity (Wildman–Crippen MR) is 99.7 cm³/mol. The molecule has 1 aromatic carbocycles. The van der Waals surface area contributed by atoms with Gasteiger partial charge in [-0.25, -0.2) is 12.8 Å². The van der Waals surface area contributed by atoms with Crippen LogP contribution in [0.5, 0.6) is 0 Å². The van der Waals surface area contributed by atoms with Crippen molar-refractivity contribution in [1.82, 2.24) is 15.1 Å². The molecule has 28 heavy (non-hydrogen) atoms. The summed E-state index contributed by atoms with van der Waals surface area (Å²) in [5, 5.41) is 5.79. The van der Waals surface area contributed by atoms with Gasteiger partial charge in [-0.05, 0) is 24.6 Å². The largest absolute Gasteiger partial charge is 0.463 e. The molecule has 1 unspecified atom stereocenters. The number of halogens is 1. The summed E-state index contributed by atoms with van der Waals surface area (Å²) < 4.78 is 44.8. The first kappa shape index (κ1) is 18.4. The van der Waals surface area contributed by atoms with E-state index in [4.69, 9.17) is 4.42 Å². The number of aromatic nitrogens is 2. The fourth-order valence-electron chi connectivity index (χ4n) is 3.38. The third-order valence-corrected chi connectivity index (χ3v) is 6.97. The number of nitrogens with one attached hydrogen (secondary N) is 1. The average molecular weight is 403 g/mol. The lowest BCUT2D eigenvalue weighted by molar-refractivity contribution is 0.0760. The molecule has 1 fully saturated rings. The van der Waals surface area contributed by atoms with Gasteiger partial charge in [0.1, 0.15) is 11.5 Å². The molecule has 9 heteroatoms. The van der Waals surface area contributed by atoms with Crippen LogP contribution in [0.4, 0.5) is 4.39 Å². The molecule has 1 aliphatic heterocycles. The van der Waals surface area contributed by atoms with Gasteiger partial charge in [0.05, 0.1) is 17.3 Å². The number of rotatable bonds is 3. The van der Waals surface area contributed by atoms with Crippen LogP contribution in [0.1, 0.15) is 27.7 Å². The maximum absolute atomic E-state index is 14.1. The smallest absolute Gasteiger partial charge is 0.274 e. The predicted octanol–water partition coefficient (Wildman–Crippen LogP) is 2.81. The summed E-state index contributed by atoms with van der Waals surface area (Å²) in [4.78, 5) is 14.2. The molecule has 146 valence electrons. The second-order valence-electron chi connectivity index (χ2n) is 6.60. The molecule has 2 aromatic heterocycles. The first-order valence-corrected chi connectivity index (χ1v) is 10.5. The van der Waals surface area contributed by atoms with Gasteiger partial charge < -0.3 is 9.32 Å². The molecule has 0 aliphatic carbocycles. The van der Waals surface area contributed by atoms with E-state index in [2.05, 4.69) is 10.2 Å². The van der Waals surface area contributed by atoms with E-state index in [1.54, 1.807) is 24.3 Å². The summed E-state index contributed by atoms with van der Waals surface area (Å²) in [7, 11) is -3.59. The number of hydrogen-bond donors (Lipinski definition) is 1. The van der Waals surface area contributed by atoms with Crippen molar-refractivity contribution in [3.63, 3.8) is 0 Å². The molecule has 3 aromatic rings. The normalized spacial score (nSPS) is 19.3. The van der Waals surface area contributed by atoms with Crippen molar-refractivity contribution in [3.05, 3.63) is 65.8 Å². The van der Waals surface area contributed by atoms with Crippen LogP contribution in [0.3, 0.4) is 0 Å². The maximum Gasteiger partial charge on any atom is 0.274 e. The van der Waals surface area contributed by atoms with E-state index < -0.39 is 20.9 Å². The molecule has 1 saturated heterocycles. The van der Waals surface area contributed by atoms with E-state index in [1.807, 2.05) is 0 Å². The van der Waals surface area contributed by atoms with Gasteiger partial charge in [0, 0.05) is 24.7 Å². The Bertz CT molecular complexity index is 1090. The number of hydrogen-bond acceptors (Lipinski definition) is 5. The minimum Gasteiger partial charge on any atom is -0.463 e. The molecule has 1 aliphatic rings. The molecule has 3 heterocycles. The van der Waals surface area contributed by atoms with Crippen LogP contribution in [-0.2, 0) is 9.84 Å². The highest BCUT2D eigenvalue weighted by atomic mass is 32.2. The topological polar surface area (TPSA) is 96.3 Å². The number of benzene rings is 1. The Labute approximate surface area is 161 Å². The Morgan fingerprint density at radius 2 is 2.04 bits per heavy atom. The lowest BCUT2D eigenvalue weighted by Gasteiger charge is -2.18. The summed E-state index contributed by atoms with van der Waals surface area (Å²) in [5.41, 5.74) is 0.879. The molecule has 4 rings (SSSR count). The Kier molecular flexibility index (Phi) is 4.76. The summed E-state index contributed by atoms with van der Waals surface area (Å²) in [6.07, 6.45) is 1.64. The zero-order chi connectivity index (χ0) is 19.7. The van der Waals surface area contributed by atoms with Crippen LogP contribution in [0, 0.1) is 5.82 Å². The number of sulfone groups is 1. The number of carbonyl (C=O) groups excluding carboxylic acids is 1. The van der Waals surface area contributed by atoms with Crippen LogP contribution < -0.4 is 0 Å². The van der Waals surface area contributed by atoms with Crippen LogP contribution in [0.15, 0.2) is 53.1 Å². The molecule has 0 spiro atoms. The third-order valence-electron chi connectivity index (χ3n) is 4.86. The molecule has 7 nitrogen and oxygen atoms in total. The molecule has 1 atom stereocenters. The first-order chi connectivity index (χ1) is 13.5. The SMILES string of the molecule is O=C(c1cc(-c2ccco2)[nH]n1)N1CCC(c2ccccc2F)S(=O)(=O)CC1. The van der Waals surface area contributed by atoms with Gasteiger partial charge in [-0.2, -0.15) is 5.10 Å². The quantitative estimate of drug-likeness (QED) is 0.725. The number of H-pyrrole nitrogens is 1. The number of carbonyl (C=O) groups is 1. The van der Waals surface area contributed by atoms with Gasteiger partial charge in [-0.15, -0.1) is 0 Å². The fourth-order valence-corrected chi connectivity index (χ4v) is 5.19. The maximum atomic E-state index is 14.1. The molecule has 1 amide bonds. The van der Waals surface area contributed by atoms with E-state index in [9.17, 15) is 17.6 Å². The Morgan fingerprint density at radius 3 is 2.79 bits per heavy atom. The number of nitrogens with zero attached hydrogens (tertiary/aromatic N) is 2. The molecular weight excluding hydrogens is 385 g/mol. The minimum atomic E-state index is -3.59. The minimum absolute atomic E-state index is 0.0368. The zero-order valence-corrected chi connectivity index (χ0v) is 15.7. The second kappa shape index (κ2) is 7.23. The van der Waals surface area contributed by atoms with Gasteiger partial charge >= 0.3 is 0 Å². The van der Waals surface area contributed by atoms with Crippen LogP contribution in [-0.4, -0.2) is 48.3 Å². The lowest BCUT2D eigenvalue weighted by atomic mass is 10.1. The zero-order valence-electron chi connectivity index (χ0n) is 14.8. The number of furan rings is 1. The van der Waals surface area contributed by atoms with Crippen LogP contribution >= 0.6 is 0 Å². The van der Waals surface area contributed by atoms with Gasteiger partial charge in [-0.1, -0.05) is 18.2 Å². The van der Waals surface area contributed by atoms with Crippen molar-refractivity contribution in [1.29, 1.82) is 0 Å². The van der Waals surface area contributed by atoms with E-state index >= 15 is 0 Å². The van der Waals surface area contributed by atoms with E-state index in [1.165, 1.54) is 29.4 Å². The van der Waals surface area contributed by atoms with Crippen molar-refractivity contribution < 1.29 is 22.0 Å². The van der Waals surface area contributed by atoms with Crippen molar-refractivity contribution in [2.24, 2.45) is 0 Å².